The third kappa shape index (κ3) is 3.12. The molecule has 2 aromatic heterocycles. The zero-order valence-electron chi connectivity index (χ0n) is 11.6. The first-order chi connectivity index (χ1) is 9.76. The number of methoxy groups -OCH3 is 1. The van der Waals surface area contributed by atoms with E-state index in [0.29, 0.717) is 17.9 Å². The smallest absolute Gasteiger partial charge is 0.341 e. The summed E-state index contributed by atoms with van der Waals surface area (Å²) in [5.41, 5.74) is 2.55. The monoisotopic (exact) mass is 271 g/mol. The summed E-state index contributed by atoms with van der Waals surface area (Å²) in [5.74, 6) is 0.101. The summed E-state index contributed by atoms with van der Waals surface area (Å²) in [4.78, 5) is 20.2. The lowest BCUT2D eigenvalue weighted by atomic mass is 10.1. The lowest BCUT2D eigenvalue weighted by molar-refractivity contribution is 0.0601. The Hall–Kier alpha value is -2.43. The van der Waals surface area contributed by atoms with Gasteiger partial charge in [0.15, 0.2) is 0 Å². The second-order valence-electron chi connectivity index (χ2n) is 4.21. The van der Waals surface area contributed by atoms with Crippen LogP contribution in [0.25, 0.3) is 0 Å². The molecule has 0 aromatic carbocycles. The molecule has 2 rings (SSSR count). The van der Waals surface area contributed by atoms with Gasteiger partial charge in [0.2, 0.25) is 0 Å². The van der Waals surface area contributed by atoms with E-state index in [2.05, 4.69) is 22.2 Å². The minimum atomic E-state index is -0.405. The first-order valence-corrected chi connectivity index (χ1v) is 6.46. The van der Waals surface area contributed by atoms with E-state index in [1.54, 1.807) is 24.5 Å². The molecule has 0 radical (unpaired) electrons. The van der Waals surface area contributed by atoms with Gasteiger partial charge in [0.25, 0.3) is 0 Å². The first-order valence-electron chi connectivity index (χ1n) is 6.46. The maximum atomic E-state index is 11.7. The predicted molar refractivity (Wildman–Crippen MR) is 76.5 cm³/mol. The van der Waals surface area contributed by atoms with E-state index in [9.17, 15) is 4.79 Å². The lowest BCUT2D eigenvalue weighted by Crippen LogP contribution is -2.11. The molecule has 5 heteroatoms. The number of aromatic nitrogens is 2. The number of rotatable bonds is 5. The van der Waals surface area contributed by atoms with E-state index < -0.39 is 5.97 Å². The number of nitrogens with one attached hydrogen (secondary N) is 1. The van der Waals surface area contributed by atoms with E-state index in [4.69, 9.17) is 4.74 Å². The van der Waals surface area contributed by atoms with E-state index in [0.717, 1.165) is 12.1 Å². The number of anilines is 1. The van der Waals surface area contributed by atoms with Crippen molar-refractivity contribution < 1.29 is 9.53 Å². The van der Waals surface area contributed by atoms with Crippen LogP contribution in [-0.2, 0) is 17.7 Å². The molecular formula is C15H17N3O2. The molecule has 0 aliphatic carbocycles. The highest BCUT2D eigenvalue weighted by Gasteiger charge is 2.12. The number of aryl methyl sites for hydroxylation is 1. The van der Waals surface area contributed by atoms with Gasteiger partial charge in [0, 0.05) is 12.4 Å². The fourth-order valence-corrected chi connectivity index (χ4v) is 1.94. The molecule has 104 valence electrons. The zero-order valence-corrected chi connectivity index (χ0v) is 11.6. The highest BCUT2D eigenvalue weighted by atomic mass is 16.5. The van der Waals surface area contributed by atoms with Crippen LogP contribution in [0.2, 0.25) is 0 Å². The van der Waals surface area contributed by atoms with Crippen LogP contribution in [0.4, 0.5) is 5.82 Å². The topological polar surface area (TPSA) is 64.1 Å². The summed E-state index contributed by atoms with van der Waals surface area (Å²) in [6.45, 7) is 2.60. The Morgan fingerprint density at radius 3 is 2.75 bits per heavy atom. The van der Waals surface area contributed by atoms with Gasteiger partial charge < -0.3 is 10.1 Å². The Morgan fingerprint density at radius 2 is 2.00 bits per heavy atom. The Morgan fingerprint density at radius 1 is 1.25 bits per heavy atom. The van der Waals surface area contributed by atoms with Crippen molar-refractivity contribution in [2.24, 2.45) is 0 Å². The van der Waals surface area contributed by atoms with Crippen LogP contribution in [0, 0.1) is 0 Å². The molecule has 2 heterocycles. The normalized spacial score (nSPS) is 10.1. The van der Waals surface area contributed by atoms with Crippen LogP contribution in [0.3, 0.4) is 0 Å². The molecule has 0 saturated carbocycles. The van der Waals surface area contributed by atoms with E-state index in [-0.39, 0.29) is 0 Å². The van der Waals surface area contributed by atoms with Gasteiger partial charge in [-0.3, -0.25) is 4.98 Å². The van der Waals surface area contributed by atoms with Gasteiger partial charge in [-0.1, -0.05) is 13.0 Å². The molecule has 0 atom stereocenters. The van der Waals surface area contributed by atoms with Crippen LogP contribution in [0.15, 0.2) is 36.7 Å². The predicted octanol–water partition coefficient (Wildman–Crippen LogP) is 2.44. The summed E-state index contributed by atoms with van der Waals surface area (Å²) in [6.07, 6.45) is 4.31. The molecule has 0 spiro atoms. The maximum Gasteiger partial charge on any atom is 0.341 e. The fraction of sp³-hybridized carbons (Fsp3) is 0.267. The number of hydrogen-bond acceptors (Lipinski definition) is 5. The molecule has 5 nitrogen and oxygen atoms in total. The summed E-state index contributed by atoms with van der Waals surface area (Å²) in [5, 5.41) is 3.15. The van der Waals surface area contributed by atoms with Gasteiger partial charge in [-0.05, 0) is 30.2 Å². The van der Waals surface area contributed by atoms with Crippen molar-refractivity contribution in [1.29, 1.82) is 0 Å². The molecule has 0 bridgehead atoms. The van der Waals surface area contributed by atoms with Crippen LogP contribution in [-0.4, -0.2) is 23.0 Å². The van der Waals surface area contributed by atoms with Gasteiger partial charge in [0.1, 0.15) is 11.4 Å². The number of carbonyl (C=O) groups excluding carboxylic acids is 1. The standard InChI is InChI=1S/C15H17N3O2/c1-3-11-6-4-8-16-13(11)10-18-14-12(15(19)20-2)7-5-9-17-14/h4-9H,3,10H2,1-2H3,(H,17,18). The molecule has 2 aromatic rings. The Kier molecular flexibility index (Phi) is 4.65. The second kappa shape index (κ2) is 6.65. The third-order valence-electron chi connectivity index (χ3n) is 3.00. The van der Waals surface area contributed by atoms with Crippen molar-refractivity contribution in [2.45, 2.75) is 19.9 Å². The molecule has 0 saturated heterocycles. The van der Waals surface area contributed by atoms with Gasteiger partial charge in [0.05, 0.1) is 19.3 Å². The zero-order chi connectivity index (χ0) is 14.4. The van der Waals surface area contributed by atoms with E-state index >= 15 is 0 Å². The molecular weight excluding hydrogens is 254 g/mol. The highest BCUT2D eigenvalue weighted by molar-refractivity contribution is 5.94. The van der Waals surface area contributed by atoms with E-state index in [1.165, 1.54) is 12.7 Å². The van der Waals surface area contributed by atoms with Gasteiger partial charge in [-0.2, -0.15) is 0 Å². The number of hydrogen-bond donors (Lipinski definition) is 1. The Balaban J connectivity index is 2.17. The van der Waals surface area contributed by atoms with Crippen LogP contribution < -0.4 is 5.32 Å². The molecule has 0 unspecified atom stereocenters. The average molecular weight is 271 g/mol. The highest BCUT2D eigenvalue weighted by Crippen LogP contribution is 2.15. The summed E-state index contributed by atoms with van der Waals surface area (Å²) in [7, 11) is 1.35. The van der Waals surface area contributed by atoms with Gasteiger partial charge in [-0.25, -0.2) is 9.78 Å². The molecule has 0 aliphatic rings. The van der Waals surface area contributed by atoms with E-state index in [1.807, 2.05) is 12.1 Å². The quantitative estimate of drug-likeness (QED) is 0.846. The van der Waals surface area contributed by atoms with Crippen molar-refractivity contribution in [2.75, 3.05) is 12.4 Å². The number of ether oxygens (including phenoxy) is 1. The van der Waals surface area contributed by atoms with Crippen molar-refractivity contribution in [3.05, 3.63) is 53.5 Å². The number of pyridine rings is 2. The molecule has 0 aliphatic heterocycles. The molecule has 0 amide bonds. The van der Waals surface area contributed by atoms with Crippen molar-refractivity contribution in [3.63, 3.8) is 0 Å². The minimum Gasteiger partial charge on any atom is -0.465 e. The SMILES string of the molecule is CCc1cccnc1CNc1ncccc1C(=O)OC. The lowest BCUT2D eigenvalue weighted by Gasteiger charge is -2.11. The third-order valence-corrected chi connectivity index (χ3v) is 3.00. The number of carbonyl (C=O) groups is 1. The average Bonchev–Trinajstić information content (AvgIpc) is 2.52. The van der Waals surface area contributed by atoms with Crippen LogP contribution in [0.5, 0.6) is 0 Å². The summed E-state index contributed by atoms with van der Waals surface area (Å²) in [6, 6.07) is 7.35. The number of nitrogens with zero attached hydrogens (tertiary/aromatic N) is 2. The van der Waals surface area contributed by atoms with Gasteiger partial charge >= 0.3 is 5.97 Å². The van der Waals surface area contributed by atoms with Crippen molar-refractivity contribution >= 4 is 11.8 Å². The second-order valence-corrected chi connectivity index (χ2v) is 4.21. The fourth-order valence-electron chi connectivity index (χ4n) is 1.94. The summed E-state index contributed by atoms with van der Waals surface area (Å²) >= 11 is 0. The molecule has 20 heavy (non-hydrogen) atoms. The summed E-state index contributed by atoms with van der Waals surface area (Å²) < 4.78 is 4.74. The maximum absolute atomic E-state index is 11.7. The van der Waals surface area contributed by atoms with Crippen molar-refractivity contribution in [3.8, 4) is 0 Å². The largest absolute Gasteiger partial charge is 0.465 e. The Bertz CT molecular complexity index is 599. The van der Waals surface area contributed by atoms with Crippen LogP contribution in [0.1, 0.15) is 28.5 Å². The number of esters is 1. The minimum absolute atomic E-state index is 0.405. The van der Waals surface area contributed by atoms with Crippen molar-refractivity contribution in [1.82, 2.24) is 9.97 Å². The van der Waals surface area contributed by atoms with Crippen LogP contribution >= 0.6 is 0 Å². The Labute approximate surface area is 118 Å². The first kappa shape index (κ1) is 14.0. The molecule has 0 fully saturated rings. The van der Waals surface area contributed by atoms with Gasteiger partial charge in [-0.15, -0.1) is 0 Å². The molecule has 1 N–H and O–H groups in total.